The van der Waals surface area contributed by atoms with E-state index in [1.54, 1.807) is 6.07 Å². The third-order valence-electron chi connectivity index (χ3n) is 7.10. The molecule has 1 saturated heterocycles. The van der Waals surface area contributed by atoms with Gasteiger partial charge in [-0.25, -0.2) is 17.6 Å². The maximum atomic E-state index is 14.2. The number of fused-ring (bicyclic) bond motifs is 5. The van der Waals surface area contributed by atoms with Crippen molar-refractivity contribution >= 4 is 5.91 Å². The van der Waals surface area contributed by atoms with Crippen molar-refractivity contribution in [3.63, 3.8) is 0 Å². The van der Waals surface area contributed by atoms with Crippen LogP contribution in [0.3, 0.4) is 0 Å². The summed E-state index contributed by atoms with van der Waals surface area (Å²) in [6.45, 7) is 2.70. The van der Waals surface area contributed by atoms with Crippen LogP contribution in [0.25, 0.3) is 11.3 Å². The Hall–Kier alpha value is -2.51. The second-order valence-corrected chi connectivity index (χ2v) is 8.87. The summed E-state index contributed by atoms with van der Waals surface area (Å²) < 4.78 is 55.2. The Balaban J connectivity index is 1.62. The minimum absolute atomic E-state index is 0.0627. The van der Waals surface area contributed by atoms with Crippen LogP contribution in [0.1, 0.15) is 43.9 Å². The number of nitrogens with zero attached hydrogens (tertiary/aromatic N) is 3. The second kappa shape index (κ2) is 5.55. The molecule has 0 radical (unpaired) electrons. The summed E-state index contributed by atoms with van der Waals surface area (Å²) in [4.78, 5) is 14.5. The Labute approximate surface area is 164 Å². The zero-order chi connectivity index (χ0) is 20.8. The predicted molar refractivity (Wildman–Crippen MR) is 96.3 cm³/mol. The van der Waals surface area contributed by atoms with E-state index < -0.39 is 41.5 Å². The highest BCUT2D eigenvalue weighted by Crippen LogP contribution is 2.68. The largest absolute Gasteiger partial charge is 0.330 e. The van der Waals surface area contributed by atoms with Gasteiger partial charge >= 0.3 is 0 Å². The molecule has 1 amide bonds. The molecular weight excluding hydrogens is 386 g/mol. The van der Waals surface area contributed by atoms with Crippen molar-refractivity contribution in [1.29, 1.82) is 0 Å². The SMILES string of the molecule is CC1(C)[C@@H]2CC[C@@]1(C(=O)N1CC(F)(F)C1)c1nnc(-c3c(F)cccc3F)cc12. The maximum absolute atomic E-state index is 14.2. The van der Waals surface area contributed by atoms with Gasteiger partial charge in [-0.2, -0.15) is 5.10 Å². The molecule has 0 spiro atoms. The Morgan fingerprint density at radius 2 is 1.79 bits per heavy atom. The first-order chi connectivity index (χ1) is 13.6. The number of amides is 1. The van der Waals surface area contributed by atoms with Crippen LogP contribution in [-0.4, -0.2) is 40.0 Å². The molecule has 0 unspecified atom stereocenters. The van der Waals surface area contributed by atoms with Crippen molar-refractivity contribution in [1.82, 2.24) is 15.1 Å². The monoisotopic (exact) mass is 405 g/mol. The van der Waals surface area contributed by atoms with Gasteiger partial charge in [0.25, 0.3) is 5.92 Å². The lowest BCUT2D eigenvalue weighted by Crippen LogP contribution is -2.64. The Bertz CT molecular complexity index is 1030. The average molecular weight is 405 g/mol. The summed E-state index contributed by atoms with van der Waals surface area (Å²) in [6, 6.07) is 5.18. The van der Waals surface area contributed by atoms with E-state index in [0.717, 1.165) is 17.7 Å². The Morgan fingerprint density at radius 1 is 1.14 bits per heavy atom. The van der Waals surface area contributed by atoms with Crippen LogP contribution >= 0.6 is 0 Å². The van der Waals surface area contributed by atoms with Crippen molar-refractivity contribution < 1.29 is 22.4 Å². The summed E-state index contributed by atoms with van der Waals surface area (Å²) in [6.07, 6.45) is 1.18. The maximum Gasteiger partial charge on any atom is 0.282 e. The van der Waals surface area contributed by atoms with Gasteiger partial charge in [-0.15, -0.1) is 5.10 Å². The van der Waals surface area contributed by atoms with Crippen LogP contribution in [0.4, 0.5) is 17.6 Å². The van der Waals surface area contributed by atoms with Gasteiger partial charge in [0.05, 0.1) is 35.5 Å². The van der Waals surface area contributed by atoms with E-state index in [4.69, 9.17) is 0 Å². The number of benzene rings is 1. The van der Waals surface area contributed by atoms with Crippen LogP contribution in [0.15, 0.2) is 24.3 Å². The lowest BCUT2D eigenvalue weighted by molar-refractivity contribution is -0.174. The third-order valence-corrected chi connectivity index (χ3v) is 7.10. The number of carbonyl (C=O) groups excluding carboxylic acids is 1. The number of rotatable bonds is 2. The highest BCUT2D eigenvalue weighted by atomic mass is 19.3. The molecule has 0 N–H and O–H groups in total. The van der Waals surface area contributed by atoms with Gasteiger partial charge in [-0.1, -0.05) is 19.9 Å². The summed E-state index contributed by atoms with van der Waals surface area (Å²) in [7, 11) is 0. The fraction of sp³-hybridized carbons (Fsp3) is 0.476. The number of aromatic nitrogens is 2. The van der Waals surface area contributed by atoms with Crippen LogP contribution in [0.2, 0.25) is 0 Å². The smallest absolute Gasteiger partial charge is 0.282 e. The molecule has 1 aliphatic heterocycles. The summed E-state index contributed by atoms with van der Waals surface area (Å²) in [5, 5.41) is 8.29. The molecule has 2 fully saturated rings. The lowest BCUT2D eigenvalue weighted by Gasteiger charge is -2.46. The molecule has 152 valence electrons. The minimum Gasteiger partial charge on any atom is -0.330 e. The van der Waals surface area contributed by atoms with Gasteiger partial charge in [0.15, 0.2) is 0 Å². The third kappa shape index (κ3) is 2.23. The zero-order valence-corrected chi connectivity index (χ0v) is 16.0. The van der Waals surface area contributed by atoms with Crippen molar-refractivity contribution in [3.8, 4) is 11.3 Å². The molecule has 1 saturated carbocycles. The lowest BCUT2D eigenvalue weighted by atomic mass is 9.67. The molecule has 1 aromatic heterocycles. The summed E-state index contributed by atoms with van der Waals surface area (Å²) in [5.41, 5.74) is -0.595. The number of hydrogen-bond donors (Lipinski definition) is 0. The molecule has 8 heteroatoms. The fourth-order valence-corrected chi connectivity index (χ4v) is 5.59. The van der Waals surface area contributed by atoms with Crippen molar-refractivity contribution in [2.24, 2.45) is 5.41 Å². The van der Waals surface area contributed by atoms with E-state index in [1.807, 2.05) is 13.8 Å². The fourth-order valence-electron chi connectivity index (χ4n) is 5.59. The second-order valence-electron chi connectivity index (χ2n) is 8.87. The number of likely N-dealkylation sites (tertiary alicyclic amines) is 1. The number of alkyl halides is 2. The normalized spacial score (nSPS) is 28.2. The highest BCUT2D eigenvalue weighted by molar-refractivity contribution is 5.92. The summed E-state index contributed by atoms with van der Waals surface area (Å²) in [5.74, 6) is -4.75. The molecule has 3 aliphatic rings. The molecule has 2 bridgehead atoms. The highest BCUT2D eigenvalue weighted by Gasteiger charge is 2.69. The molecule has 2 atom stereocenters. The van der Waals surface area contributed by atoms with E-state index in [1.165, 1.54) is 11.0 Å². The van der Waals surface area contributed by atoms with Gasteiger partial charge in [-0.05, 0) is 47.9 Å². The standard InChI is InChI=1S/C21H19F4N3O/c1-19(2)12-6-7-21(19,18(29)28-9-20(24,25)10-28)17-11(12)8-15(26-27-17)16-13(22)4-3-5-14(16)23/h3-5,8,12H,6-7,9-10H2,1-2H3/t12-,21+/m1/s1. The van der Waals surface area contributed by atoms with Crippen molar-refractivity contribution in [3.05, 3.63) is 47.2 Å². The van der Waals surface area contributed by atoms with Crippen LogP contribution in [0.5, 0.6) is 0 Å². The van der Waals surface area contributed by atoms with Gasteiger partial charge in [0.1, 0.15) is 11.6 Å². The molecule has 2 aromatic rings. The van der Waals surface area contributed by atoms with E-state index >= 15 is 0 Å². The van der Waals surface area contributed by atoms with E-state index in [9.17, 15) is 22.4 Å². The molecule has 1 aromatic carbocycles. The van der Waals surface area contributed by atoms with Crippen LogP contribution in [0, 0.1) is 17.0 Å². The molecule has 2 aliphatic carbocycles. The quantitative estimate of drug-likeness (QED) is 0.708. The van der Waals surface area contributed by atoms with Crippen LogP contribution in [-0.2, 0) is 10.2 Å². The van der Waals surface area contributed by atoms with Gasteiger partial charge < -0.3 is 4.90 Å². The topological polar surface area (TPSA) is 46.1 Å². The first-order valence-corrected chi connectivity index (χ1v) is 9.58. The van der Waals surface area contributed by atoms with Crippen molar-refractivity contribution in [2.75, 3.05) is 13.1 Å². The van der Waals surface area contributed by atoms with E-state index in [-0.39, 0.29) is 23.1 Å². The molecule has 5 rings (SSSR count). The first-order valence-electron chi connectivity index (χ1n) is 9.58. The Morgan fingerprint density at radius 3 is 2.41 bits per heavy atom. The van der Waals surface area contributed by atoms with Crippen LogP contribution < -0.4 is 0 Å². The first kappa shape index (κ1) is 18.5. The van der Waals surface area contributed by atoms with E-state index in [0.29, 0.717) is 18.5 Å². The molecular formula is C21H19F4N3O. The molecule has 29 heavy (non-hydrogen) atoms. The van der Waals surface area contributed by atoms with Crippen molar-refractivity contribution in [2.45, 2.75) is 43.9 Å². The average Bonchev–Trinajstić information content (AvgIpc) is 3.00. The molecule has 2 heterocycles. The number of hydrogen-bond acceptors (Lipinski definition) is 3. The predicted octanol–water partition coefficient (Wildman–Crippen LogP) is 4.05. The Kier molecular flexibility index (Phi) is 3.54. The zero-order valence-electron chi connectivity index (χ0n) is 16.0. The van der Waals surface area contributed by atoms with Gasteiger partial charge in [0.2, 0.25) is 5.91 Å². The summed E-state index contributed by atoms with van der Waals surface area (Å²) >= 11 is 0. The molecule has 4 nitrogen and oxygen atoms in total. The van der Waals surface area contributed by atoms with E-state index in [2.05, 4.69) is 10.2 Å². The number of carbonyl (C=O) groups is 1. The van der Waals surface area contributed by atoms with Gasteiger partial charge in [-0.3, -0.25) is 4.79 Å². The number of halogens is 4. The minimum atomic E-state index is -2.85. The van der Waals surface area contributed by atoms with Gasteiger partial charge in [0, 0.05) is 0 Å².